The fourth-order valence-electron chi connectivity index (χ4n) is 3.89. The number of hydrogen-bond acceptors (Lipinski definition) is 2. The summed E-state index contributed by atoms with van der Waals surface area (Å²) in [4.78, 5) is 17.5. The largest absolute Gasteiger partial charge is 0.347 e. The van der Waals surface area contributed by atoms with Crippen molar-refractivity contribution in [2.75, 3.05) is 0 Å². The lowest BCUT2D eigenvalue weighted by molar-refractivity contribution is 0.0944. The number of aryl methyl sites for hydroxylation is 1. The Bertz CT molecular complexity index is 1230. The average Bonchev–Trinajstić information content (AvgIpc) is 3.15. The quantitative estimate of drug-likeness (QED) is 0.391. The molecule has 158 valence electrons. The number of benzene rings is 2. The summed E-state index contributed by atoms with van der Waals surface area (Å²) >= 11 is 6.07. The van der Waals surface area contributed by atoms with E-state index in [1.165, 1.54) is 16.7 Å². The van der Waals surface area contributed by atoms with Crippen LogP contribution in [0.25, 0.3) is 16.8 Å². The Labute approximate surface area is 187 Å². The molecule has 0 unspecified atom stereocenters. The number of rotatable bonds is 6. The zero-order valence-electron chi connectivity index (χ0n) is 18.0. The molecule has 0 fully saturated rings. The third-order valence-electron chi connectivity index (χ3n) is 5.51. The van der Waals surface area contributed by atoms with E-state index in [4.69, 9.17) is 11.6 Å². The number of carbonyl (C=O) groups excluding carboxylic acids is 1. The highest BCUT2D eigenvalue weighted by Crippen LogP contribution is 2.29. The van der Waals surface area contributed by atoms with Crippen LogP contribution in [0.1, 0.15) is 54.0 Å². The first-order valence-corrected chi connectivity index (χ1v) is 11.0. The Balaban J connectivity index is 1.52. The summed E-state index contributed by atoms with van der Waals surface area (Å²) in [7, 11) is 0. The van der Waals surface area contributed by atoms with Crippen molar-refractivity contribution in [2.24, 2.45) is 0 Å². The highest BCUT2D eigenvalue weighted by atomic mass is 35.5. The molecular weight excluding hydrogens is 406 g/mol. The second-order valence-electron chi connectivity index (χ2n) is 7.96. The molecule has 31 heavy (non-hydrogen) atoms. The van der Waals surface area contributed by atoms with Crippen molar-refractivity contribution in [2.45, 2.75) is 39.7 Å². The fraction of sp³-hybridized carbons (Fsp3) is 0.231. The Hall–Kier alpha value is -3.11. The first kappa shape index (κ1) is 21.1. The van der Waals surface area contributed by atoms with Gasteiger partial charge < -0.3 is 5.32 Å². The SMILES string of the molecule is CCc1nc2cc(Cl)ccn2c1C(=O)NCc1ccc(-c2ccccc2C(C)C)cc1. The van der Waals surface area contributed by atoms with Crippen molar-refractivity contribution < 1.29 is 4.79 Å². The number of carbonyl (C=O) groups is 1. The number of nitrogens with zero attached hydrogens (tertiary/aromatic N) is 2. The minimum atomic E-state index is -0.138. The van der Waals surface area contributed by atoms with E-state index in [-0.39, 0.29) is 5.91 Å². The lowest BCUT2D eigenvalue weighted by Gasteiger charge is -2.13. The topological polar surface area (TPSA) is 46.4 Å². The second-order valence-corrected chi connectivity index (χ2v) is 8.39. The maximum absolute atomic E-state index is 13.0. The van der Waals surface area contributed by atoms with Crippen LogP contribution in [-0.2, 0) is 13.0 Å². The van der Waals surface area contributed by atoms with E-state index in [0.29, 0.717) is 35.2 Å². The summed E-state index contributed by atoms with van der Waals surface area (Å²) in [5, 5.41) is 3.64. The third-order valence-corrected chi connectivity index (χ3v) is 5.75. The molecule has 0 spiro atoms. The van der Waals surface area contributed by atoms with Crippen LogP contribution in [0.5, 0.6) is 0 Å². The molecule has 4 aromatic rings. The van der Waals surface area contributed by atoms with Gasteiger partial charge in [0.2, 0.25) is 0 Å². The molecule has 0 aliphatic carbocycles. The summed E-state index contributed by atoms with van der Waals surface area (Å²) in [6.07, 6.45) is 2.46. The zero-order chi connectivity index (χ0) is 22.0. The first-order valence-electron chi connectivity index (χ1n) is 10.6. The highest BCUT2D eigenvalue weighted by molar-refractivity contribution is 6.30. The van der Waals surface area contributed by atoms with Crippen molar-refractivity contribution in [1.82, 2.24) is 14.7 Å². The number of nitrogens with one attached hydrogen (secondary N) is 1. The van der Waals surface area contributed by atoms with Crippen LogP contribution in [0.2, 0.25) is 5.02 Å². The molecule has 4 rings (SSSR count). The Morgan fingerprint density at radius 3 is 2.55 bits per heavy atom. The number of hydrogen-bond donors (Lipinski definition) is 1. The van der Waals surface area contributed by atoms with Gasteiger partial charge in [0.1, 0.15) is 11.3 Å². The maximum atomic E-state index is 13.0. The van der Waals surface area contributed by atoms with Crippen molar-refractivity contribution in [3.05, 3.63) is 94.4 Å². The van der Waals surface area contributed by atoms with E-state index < -0.39 is 0 Å². The molecular formula is C26H26ClN3O. The molecule has 0 bridgehead atoms. The van der Waals surface area contributed by atoms with Gasteiger partial charge in [0.15, 0.2) is 0 Å². The minimum Gasteiger partial charge on any atom is -0.347 e. The molecule has 2 aromatic carbocycles. The maximum Gasteiger partial charge on any atom is 0.270 e. The van der Waals surface area contributed by atoms with Crippen LogP contribution in [0, 0.1) is 0 Å². The molecule has 5 heteroatoms. The number of imidazole rings is 1. The molecule has 4 nitrogen and oxygen atoms in total. The third kappa shape index (κ3) is 4.35. The molecule has 1 N–H and O–H groups in total. The number of fused-ring (bicyclic) bond motifs is 1. The second kappa shape index (κ2) is 8.94. The molecule has 2 aromatic heterocycles. The van der Waals surface area contributed by atoms with Crippen molar-refractivity contribution in [3.63, 3.8) is 0 Å². The van der Waals surface area contributed by atoms with Gasteiger partial charge >= 0.3 is 0 Å². The first-order chi connectivity index (χ1) is 15.0. The number of amides is 1. The zero-order valence-corrected chi connectivity index (χ0v) is 18.8. The average molecular weight is 432 g/mol. The van der Waals surface area contributed by atoms with Gasteiger partial charge in [-0.05, 0) is 40.7 Å². The van der Waals surface area contributed by atoms with E-state index in [1.807, 2.05) is 6.92 Å². The molecule has 1 amide bonds. The minimum absolute atomic E-state index is 0.138. The summed E-state index contributed by atoms with van der Waals surface area (Å²) < 4.78 is 1.80. The monoisotopic (exact) mass is 431 g/mol. The van der Waals surface area contributed by atoms with Crippen LogP contribution in [0.3, 0.4) is 0 Å². The van der Waals surface area contributed by atoms with E-state index in [0.717, 1.165) is 11.3 Å². The Morgan fingerprint density at radius 1 is 1.10 bits per heavy atom. The van der Waals surface area contributed by atoms with Gasteiger partial charge in [0.05, 0.1) is 5.69 Å². The lowest BCUT2D eigenvalue weighted by atomic mass is 9.92. The summed E-state index contributed by atoms with van der Waals surface area (Å²) in [5.74, 6) is 0.323. The van der Waals surface area contributed by atoms with Gasteiger partial charge in [-0.2, -0.15) is 0 Å². The Morgan fingerprint density at radius 2 is 1.84 bits per heavy atom. The molecule has 0 aliphatic heterocycles. The van der Waals surface area contributed by atoms with Gasteiger partial charge in [0, 0.05) is 23.8 Å². The van der Waals surface area contributed by atoms with E-state index in [9.17, 15) is 4.79 Å². The number of pyridine rings is 1. The van der Waals surface area contributed by atoms with Crippen LogP contribution in [0.15, 0.2) is 66.9 Å². The molecule has 2 heterocycles. The van der Waals surface area contributed by atoms with Crippen molar-refractivity contribution >= 4 is 23.2 Å². The molecule has 0 saturated carbocycles. The number of aromatic nitrogens is 2. The standard InChI is InChI=1S/C26H26ClN3O/c1-4-23-25(30-14-13-20(27)15-24(30)29-23)26(31)28-16-18-9-11-19(12-10-18)22-8-6-5-7-21(22)17(2)3/h5-15,17H,4,16H2,1-3H3,(H,28,31). The van der Waals surface area contributed by atoms with Gasteiger partial charge in [0.25, 0.3) is 5.91 Å². The number of halogens is 1. The van der Waals surface area contributed by atoms with E-state index in [1.54, 1.807) is 22.7 Å². The van der Waals surface area contributed by atoms with E-state index >= 15 is 0 Å². The van der Waals surface area contributed by atoms with Crippen molar-refractivity contribution in [1.29, 1.82) is 0 Å². The predicted molar refractivity (Wildman–Crippen MR) is 127 cm³/mol. The molecule has 0 aliphatic rings. The summed E-state index contributed by atoms with van der Waals surface area (Å²) in [6.45, 7) is 6.87. The van der Waals surface area contributed by atoms with Gasteiger partial charge in [-0.1, -0.05) is 80.9 Å². The summed E-state index contributed by atoms with van der Waals surface area (Å²) in [5.41, 5.74) is 6.84. The van der Waals surface area contributed by atoms with Crippen molar-refractivity contribution in [3.8, 4) is 11.1 Å². The van der Waals surface area contributed by atoms with Crippen LogP contribution < -0.4 is 5.32 Å². The molecule has 0 atom stereocenters. The van der Waals surface area contributed by atoms with Crippen LogP contribution in [-0.4, -0.2) is 15.3 Å². The fourth-order valence-corrected chi connectivity index (χ4v) is 4.04. The molecule has 0 saturated heterocycles. The van der Waals surface area contributed by atoms with Gasteiger partial charge in [-0.25, -0.2) is 4.98 Å². The van der Waals surface area contributed by atoms with Gasteiger partial charge in [-0.15, -0.1) is 0 Å². The molecule has 0 radical (unpaired) electrons. The lowest BCUT2D eigenvalue weighted by Crippen LogP contribution is -2.25. The van der Waals surface area contributed by atoms with Gasteiger partial charge in [-0.3, -0.25) is 9.20 Å². The van der Waals surface area contributed by atoms with Crippen LogP contribution >= 0.6 is 11.6 Å². The Kier molecular flexibility index (Phi) is 6.10. The highest BCUT2D eigenvalue weighted by Gasteiger charge is 2.18. The van der Waals surface area contributed by atoms with E-state index in [2.05, 4.69) is 72.7 Å². The smallest absolute Gasteiger partial charge is 0.270 e. The summed E-state index contributed by atoms with van der Waals surface area (Å²) in [6, 6.07) is 20.4. The normalized spacial score (nSPS) is 11.3. The predicted octanol–water partition coefficient (Wildman–Crippen LogP) is 6.27. The van der Waals surface area contributed by atoms with Crippen LogP contribution in [0.4, 0.5) is 0 Å².